The lowest BCUT2D eigenvalue weighted by Gasteiger charge is -2.13. The van der Waals surface area contributed by atoms with Crippen molar-refractivity contribution in [3.8, 4) is 0 Å². The molecule has 3 nitrogen and oxygen atoms in total. The third kappa shape index (κ3) is 3.09. The number of carbonyl (C=O) groups is 1. The van der Waals surface area contributed by atoms with Crippen LogP contribution < -0.4 is 5.32 Å². The van der Waals surface area contributed by atoms with Crippen molar-refractivity contribution >= 4 is 29.1 Å². The van der Waals surface area contributed by atoms with Crippen LogP contribution in [0.15, 0.2) is 47.4 Å². The molecule has 0 amide bonds. The minimum atomic E-state index is -0.904. The quantitative estimate of drug-likeness (QED) is 0.821. The molecule has 0 aliphatic heterocycles. The first-order valence-corrected chi connectivity index (χ1v) is 7.08. The summed E-state index contributed by atoms with van der Waals surface area (Å²) in [7, 11) is 0. The summed E-state index contributed by atoms with van der Waals surface area (Å²) in [4.78, 5) is 12.1. The van der Waals surface area contributed by atoms with Gasteiger partial charge < -0.3 is 10.4 Å². The van der Waals surface area contributed by atoms with Gasteiger partial charge in [-0.1, -0.05) is 12.1 Å². The number of aromatic carboxylic acids is 1. The molecule has 2 N–H and O–H groups in total. The highest BCUT2D eigenvalue weighted by atomic mass is 32.2. The van der Waals surface area contributed by atoms with Crippen LogP contribution in [-0.2, 0) is 0 Å². The van der Waals surface area contributed by atoms with E-state index in [2.05, 4.69) is 5.32 Å². The van der Waals surface area contributed by atoms with E-state index < -0.39 is 5.97 Å². The fraction of sp³-hybridized carbons (Fsp3) is 0.133. The molecule has 0 saturated heterocycles. The number of thioether (sulfide) groups is 1. The van der Waals surface area contributed by atoms with Crippen LogP contribution in [0.4, 0.5) is 11.4 Å². The van der Waals surface area contributed by atoms with E-state index in [0.717, 1.165) is 21.8 Å². The number of hydrogen-bond acceptors (Lipinski definition) is 3. The topological polar surface area (TPSA) is 49.3 Å². The number of carboxylic acid groups (broad SMARTS) is 1. The average molecular weight is 273 g/mol. The molecule has 0 aliphatic rings. The molecule has 0 aliphatic carbocycles. The van der Waals surface area contributed by atoms with Gasteiger partial charge in [-0.15, -0.1) is 11.8 Å². The Labute approximate surface area is 116 Å². The van der Waals surface area contributed by atoms with Crippen LogP contribution in [0, 0.1) is 6.92 Å². The van der Waals surface area contributed by atoms with Crippen LogP contribution in [0.1, 0.15) is 15.9 Å². The van der Waals surface area contributed by atoms with Crippen LogP contribution in [0.25, 0.3) is 0 Å². The fourth-order valence-electron chi connectivity index (χ4n) is 1.83. The van der Waals surface area contributed by atoms with Gasteiger partial charge in [-0.2, -0.15) is 0 Å². The number of rotatable bonds is 4. The predicted octanol–water partition coefficient (Wildman–Crippen LogP) is 4.16. The van der Waals surface area contributed by atoms with E-state index in [4.69, 9.17) is 5.11 Å². The molecule has 0 heterocycles. The minimum Gasteiger partial charge on any atom is -0.478 e. The molecule has 0 radical (unpaired) electrons. The maximum atomic E-state index is 10.9. The highest BCUT2D eigenvalue weighted by Crippen LogP contribution is 2.29. The second-order valence-electron chi connectivity index (χ2n) is 4.16. The molecule has 0 aromatic heterocycles. The fourth-order valence-corrected chi connectivity index (χ4v) is 2.38. The highest BCUT2D eigenvalue weighted by molar-refractivity contribution is 7.98. The zero-order valence-corrected chi connectivity index (χ0v) is 11.6. The van der Waals surface area contributed by atoms with E-state index in [1.807, 2.05) is 37.4 Å². The van der Waals surface area contributed by atoms with E-state index in [1.54, 1.807) is 30.0 Å². The molecule has 2 aromatic rings. The number of benzene rings is 2. The van der Waals surface area contributed by atoms with E-state index in [9.17, 15) is 4.79 Å². The molecule has 0 fully saturated rings. The minimum absolute atomic E-state index is 0.307. The molecule has 19 heavy (non-hydrogen) atoms. The number of anilines is 2. The van der Waals surface area contributed by atoms with Crippen molar-refractivity contribution in [2.24, 2.45) is 0 Å². The first-order valence-electron chi connectivity index (χ1n) is 5.86. The van der Waals surface area contributed by atoms with Crippen molar-refractivity contribution in [3.05, 3.63) is 53.6 Å². The van der Waals surface area contributed by atoms with Gasteiger partial charge in [-0.05, 0) is 49.1 Å². The molecule has 2 aromatic carbocycles. The molecule has 0 atom stereocenters. The molecule has 0 spiro atoms. The Morgan fingerprint density at radius 2 is 1.89 bits per heavy atom. The monoisotopic (exact) mass is 273 g/mol. The smallest absolute Gasteiger partial charge is 0.335 e. The Morgan fingerprint density at radius 3 is 2.53 bits per heavy atom. The molecule has 0 saturated carbocycles. The van der Waals surface area contributed by atoms with Crippen LogP contribution in [0.3, 0.4) is 0 Å². The number of para-hydroxylation sites is 1. The van der Waals surface area contributed by atoms with Crippen LogP contribution in [-0.4, -0.2) is 17.3 Å². The summed E-state index contributed by atoms with van der Waals surface area (Å²) >= 11 is 1.67. The average Bonchev–Trinajstić information content (AvgIpc) is 2.41. The van der Waals surface area contributed by atoms with Gasteiger partial charge in [0.05, 0.1) is 11.3 Å². The third-order valence-corrected chi connectivity index (χ3v) is 3.65. The summed E-state index contributed by atoms with van der Waals surface area (Å²) in [5.74, 6) is -0.904. The van der Waals surface area contributed by atoms with E-state index in [1.165, 1.54) is 0 Å². The van der Waals surface area contributed by atoms with Crippen molar-refractivity contribution in [1.29, 1.82) is 0 Å². The maximum Gasteiger partial charge on any atom is 0.335 e. The van der Waals surface area contributed by atoms with Crippen molar-refractivity contribution < 1.29 is 9.90 Å². The van der Waals surface area contributed by atoms with Crippen LogP contribution >= 0.6 is 11.8 Å². The van der Waals surface area contributed by atoms with E-state index >= 15 is 0 Å². The van der Waals surface area contributed by atoms with Crippen LogP contribution in [0.5, 0.6) is 0 Å². The number of nitrogens with one attached hydrogen (secondary N) is 1. The summed E-state index contributed by atoms with van der Waals surface area (Å²) in [6.45, 7) is 1.90. The van der Waals surface area contributed by atoms with E-state index in [-0.39, 0.29) is 0 Å². The zero-order chi connectivity index (χ0) is 13.8. The Morgan fingerprint density at radius 1 is 1.16 bits per heavy atom. The standard InChI is InChI=1S/C15H15NO2S/c1-10-9-11(15(17)18)7-8-12(10)16-13-5-3-4-6-14(13)19-2/h3-9,16H,1-2H3,(H,17,18). The lowest BCUT2D eigenvalue weighted by molar-refractivity contribution is 0.0697. The van der Waals surface area contributed by atoms with E-state index in [0.29, 0.717) is 5.56 Å². The molecule has 2 rings (SSSR count). The van der Waals surface area contributed by atoms with Gasteiger partial charge in [0, 0.05) is 10.6 Å². The summed E-state index contributed by atoms with van der Waals surface area (Å²) in [5, 5.41) is 12.3. The Balaban J connectivity index is 2.31. The maximum absolute atomic E-state index is 10.9. The molecule has 4 heteroatoms. The summed E-state index contributed by atoms with van der Waals surface area (Å²) < 4.78 is 0. The van der Waals surface area contributed by atoms with Gasteiger partial charge >= 0.3 is 5.97 Å². The van der Waals surface area contributed by atoms with Gasteiger partial charge in [0.25, 0.3) is 0 Å². The lowest BCUT2D eigenvalue weighted by atomic mass is 10.1. The number of carboxylic acids is 1. The Bertz CT molecular complexity index is 611. The van der Waals surface area contributed by atoms with Gasteiger partial charge in [0.15, 0.2) is 0 Å². The van der Waals surface area contributed by atoms with Crippen LogP contribution in [0.2, 0.25) is 0 Å². The normalized spacial score (nSPS) is 10.2. The molecule has 0 bridgehead atoms. The van der Waals surface area contributed by atoms with Crippen molar-refractivity contribution in [2.75, 3.05) is 11.6 Å². The zero-order valence-electron chi connectivity index (χ0n) is 10.8. The molecule has 98 valence electrons. The summed E-state index contributed by atoms with van der Waals surface area (Å²) in [5.41, 5.74) is 3.17. The summed E-state index contributed by atoms with van der Waals surface area (Å²) in [6, 6.07) is 13.1. The van der Waals surface area contributed by atoms with Gasteiger partial charge in [0.2, 0.25) is 0 Å². The second kappa shape index (κ2) is 5.80. The number of hydrogen-bond donors (Lipinski definition) is 2. The number of aryl methyl sites for hydroxylation is 1. The Hall–Kier alpha value is -1.94. The Kier molecular flexibility index (Phi) is 4.12. The lowest BCUT2D eigenvalue weighted by Crippen LogP contribution is -1.99. The first kappa shape index (κ1) is 13.5. The molecular formula is C15H15NO2S. The van der Waals surface area contributed by atoms with Gasteiger partial charge in [-0.3, -0.25) is 0 Å². The second-order valence-corrected chi connectivity index (χ2v) is 5.01. The largest absolute Gasteiger partial charge is 0.478 e. The van der Waals surface area contributed by atoms with Gasteiger partial charge in [-0.25, -0.2) is 4.79 Å². The van der Waals surface area contributed by atoms with Gasteiger partial charge in [0.1, 0.15) is 0 Å². The first-order chi connectivity index (χ1) is 9.11. The van der Waals surface area contributed by atoms with Crippen molar-refractivity contribution in [1.82, 2.24) is 0 Å². The predicted molar refractivity (Wildman–Crippen MR) is 79.6 cm³/mol. The SMILES string of the molecule is CSc1ccccc1Nc1ccc(C(=O)O)cc1C. The molecular weight excluding hydrogens is 258 g/mol. The summed E-state index contributed by atoms with van der Waals surface area (Å²) in [6.07, 6.45) is 2.03. The highest BCUT2D eigenvalue weighted by Gasteiger charge is 2.07. The molecule has 0 unspecified atom stereocenters. The third-order valence-electron chi connectivity index (χ3n) is 2.85. The van der Waals surface area contributed by atoms with Crippen molar-refractivity contribution in [3.63, 3.8) is 0 Å². The van der Waals surface area contributed by atoms with Crippen molar-refractivity contribution in [2.45, 2.75) is 11.8 Å².